The molecule has 0 spiro atoms. The fraction of sp³-hybridized carbons (Fsp3) is 0.619. The van der Waals surface area contributed by atoms with Gasteiger partial charge in [0, 0.05) is 43.6 Å². The van der Waals surface area contributed by atoms with Gasteiger partial charge in [-0.25, -0.2) is 0 Å². The first kappa shape index (κ1) is 18.1. The molecule has 4 heteroatoms. The lowest BCUT2D eigenvalue weighted by molar-refractivity contribution is -0.135. The van der Waals surface area contributed by atoms with Crippen LogP contribution in [0.1, 0.15) is 61.4 Å². The molecule has 1 aromatic rings. The van der Waals surface area contributed by atoms with E-state index in [2.05, 4.69) is 16.7 Å². The Kier molecular flexibility index (Phi) is 5.89. The van der Waals surface area contributed by atoms with Crippen molar-refractivity contribution in [2.45, 2.75) is 64.5 Å². The number of carbonyl (C=O) groups excluding carboxylic acids is 2. The number of hydrogen-bond acceptors (Lipinski definition) is 3. The van der Waals surface area contributed by atoms with E-state index in [1.165, 1.54) is 0 Å². The van der Waals surface area contributed by atoms with Crippen LogP contribution in [0.5, 0.6) is 0 Å². The van der Waals surface area contributed by atoms with E-state index in [0.29, 0.717) is 30.5 Å². The molecule has 2 fully saturated rings. The van der Waals surface area contributed by atoms with Crippen molar-refractivity contribution in [3.05, 3.63) is 35.4 Å². The van der Waals surface area contributed by atoms with Crippen LogP contribution in [0.15, 0.2) is 24.3 Å². The molecule has 0 unspecified atom stereocenters. The zero-order chi connectivity index (χ0) is 17.8. The number of hydrogen-bond donors (Lipinski definition) is 0. The zero-order valence-corrected chi connectivity index (χ0v) is 15.5. The van der Waals surface area contributed by atoms with E-state index in [1.54, 1.807) is 0 Å². The molecule has 136 valence electrons. The van der Waals surface area contributed by atoms with E-state index in [0.717, 1.165) is 50.9 Å². The number of nitrogens with zero attached hydrogens (tertiary/aromatic N) is 2. The lowest BCUT2D eigenvalue weighted by Crippen LogP contribution is -2.48. The molecular formula is C21H30N2O2. The average Bonchev–Trinajstić information content (AvgIpc) is 3.46. The van der Waals surface area contributed by atoms with E-state index >= 15 is 0 Å². The number of likely N-dealkylation sites (tertiary alicyclic amines) is 1. The number of aryl methyl sites for hydroxylation is 1. The average molecular weight is 342 g/mol. The second-order valence-electron chi connectivity index (χ2n) is 7.49. The predicted molar refractivity (Wildman–Crippen MR) is 99.7 cm³/mol. The highest BCUT2D eigenvalue weighted by atomic mass is 16.2. The van der Waals surface area contributed by atoms with Crippen LogP contribution in [0.25, 0.3) is 0 Å². The van der Waals surface area contributed by atoms with Crippen molar-refractivity contribution in [3.63, 3.8) is 0 Å². The fourth-order valence-corrected chi connectivity index (χ4v) is 3.81. The van der Waals surface area contributed by atoms with Crippen LogP contribution in [-0.2, 0) is 4.79 Å². The summed E-state index contributed by atoms with van der Waals surface area (Å²) < 4.78 is 0. The van der Waals surface area contributed by atoms with Gasteiger partial charge in [0.2, 0.25) is 5.91 Å². The molecule has 1 aliphatic carbocycles. The van der Waals surface area contributed by atoms with Gasteiger partial charge in [0.05, 0.1) is 0 Å². The van der Waals surface area contributed by atoms with Gasteiger partial charge in [-0.05, 0) is 39.2 Å². The third kappa shape index (κ3) is 4.69. The summed E-state index contributed by atoms with van der Waals surface area (Å²) in [6.07, 6.45) is 5.07. The first-order chi connectivity index (χ1) is 12.1. The molecule has 0 N–H and O–H groups in total. The zero-order valence-electron chi connectivity index (χ0n) is 15.5. The first-order valence-corrected chi connectivity index (χ1v) is 9.72. The molecule has 1 amide bonds. The van der Waals surface area contributed by atoms with Crippen molar-refractivity contribution in [2.75, 3.05) is 19.6 Å². The highest BCUT2D eigenvalue weighted by Gasteiger charge is 2.38. The molecule has 25 heavy (non-hydrogen) atoms. The SMILES string of the molecule is CCN1CCC(N(C(=O)CCC(=O)c2ccc(C)cc2)C2CC2)CC1. The summed E-state index contributed by atoms with van der Waals surface area (Å²) in [6.45, 7) is 7.46. The van der Waals surface area contributed by atoms with Gasteiger partial charge >= 0.3 is 0 Å². The highest BCUT2D eigenvalue weighted by molar-refractivity contribution is 5.98. The minimum absolute atomic E-state index is 0.0740. The Hall–Kier alpha value is -1.68. The van der Waals surface area contributed by atoms with E-state index in [-0.39, 0.29) is 11.7 Å². The van der Waals surface area contributed by atoms with Crippen molar-refractivity contribution >= 4 is 11.7 Å². The topological polar surface area (TPSA) is 40.6 Å². The molecule has 4 nitrogen and oxygen atoms in total. The summed E-state index contributed by atoms with van der Waals surface area (Å²) >= 11 is 0. The number of carbonyl (C=O) groups is 2. The fourth-order valence-electron chi connectivity index (χ4n) is 3.81. The molecule has 1 heterocycles. The van der Waals surface area contributed by atoms with Crippen LogP contribution < -0.4 is 0 Å². The number of ketones is 1. The molecular weight excluding hydrogens is 312 g/mol. The third-order valence-electron chi connectivity index (χ3n) is 5.57. The molecule has 1 saturated heterocycles. The van der Waals surface area contributed by atoms with Gasteiger partial charge in [-0.15, -0.1) is 0 Å². The van der Waals surface area contributed by atoms with Crippen molar-refractivity contribution < 1.29 is 9.59 Å². The third-order valence-corrected chi connectivity index (χ3v) is 5.57. The van der Waals surface area contributed by atoms with E-state index in [4.69, 9.17) is 0 Å². The highest BCUT2D eigenvalue weighted by Crippen LogP contribution is 2.32. The van der Waals surface area contributed by atoms with E-state index in [1.807, 2.05) is 31.2 Å². The number of benzene rings is 1. The quantitative estimate of drug-likeness (QED) is 0.713. The Morgan fingerprint density at radius 2 is 1.60 bits per heavy atom. The predicted octanol–water partition coefficient (Wildman–Crippen LogP) is 3.43. The van der Waals surface area contributed by atoms with Crippen LogP contribution in [0.3, 0.4) is 0 Å². The summed E-state index contributed by atoms with van der Waals surface area (Å²) in [5, 5.41) is 0. The Morgan fingerprint density at radius 1 is 1.00 bits per heavy atom. The van der Waals surface area contributed by atoms with Crippen molar-refractivity contribution in [2.24, 2.45) is 0 Å². The van der Waals surface area contributed by atoms with Gasteiger partial charge in [0.25, 0.3) is 0 Å². The van der Waals surface area contributed by atoms with Gasteiger partial charge in [0.15, 0.2) is 5.78 Å². The van der Waals surface area contributed by atoms with Crippen molar-refractivity contribution in [1.82, 2.24) is 9.80 Å². The van der Waals surface area contributed by atoms with Gasteiger partial charge in [-0.1, -0.05) is 36.8 Å². The molecule has 1 saturated carbocycles. The van der Waals surface area contributed by atoms with E-state index < -0.39 is 0 Å². The smallest absolute Gasteiger partial charge is 0.223 e. The normalized spacial score (nSPS) is 19.0. The van der Waals surface area contributed by atoms with Crippen molar-refractivity contribution in [1.29, 1.82) is 0 Å². The van der Waals surface area contributed by atoms with Crippen LogP contribution in [0.2, 0.25) is 0 Å². The lowest BCUT2D eigenvalue weighted by atomic mass is 10.0. The minimum Gasteiger partial charge on any atom is -0.337 e. The summed E-state index contributed by atoms with van der Waals surface area (Å²) in [5.41, 5.74) is 1.86. The maximum Gasteiger partial charge on any atom is 0.223 e. The minimum atomic E-state index is 0.0740. The number of rotatable bonds is 7. The number of amides is 1. The molecule has 0 radical (unpaired) electrons. The molecule has 0 bridgehead atoms. The summed E-state index contributed by atoms with van der Waals surface area (Å²) in [4.78, 5) is 29.8. The maximum atomic E-state index is 12.8. The second-order valence-corrected chi connectivity index (χ2v) is 7.49. The van der Waals surface area contributed by atoms with Gasteiger partial charge < -0.3 is 9.80 Å². The molecule has 0 aromatic heterocycles. The van der Waals surface area contributed by atoms with Gasteiger partial charge in [0.1, 0.15) is 0 Å². The van der Waals surface area contributed by atoms with Gasteiger partial charge in [-0.3, -0.25) is 9.59 Å². The molecule has 3 rings (SSSR count). The van der Waals surface area contributed by atoms with Crippen LogP contribution in [0.4, 0.5) is 0 Å². The first-order valence-electron chi connectivity index (χ1n) is 9.72. The molecule has 0 atom stereocenters. The van der Waals surface area contributed by atoms with Gasteiger partial charge in [-0.2, -0.15) is 0 Å². The van der Waals surface area contributed by atoms with Crippen molar-refractivity contribution in [3.8, 4) is 0 Å². The number of Topliss-reactive ketones (excluding diaryl/α,β-unsaturated/α-hetero) is 1. The van der Waals surface area contributed by atoms with Crippen LogP contribution in [-0.4, -0.2) is 53.2 Å². The van der Waals surface area contributed by atoms with Crippen LogP contribution >= 0.6 is 0 Å². The Bertz CT molecular complexity index is 599. The Morgan fingerprint density at radius 3 is 2.16 bits per heavy atom. The van der Waals surface area contributed by atoms with Crippen LogP contribution in [0, 0.1) is 6.92 Å². The molecule has 1 aromatic carbocycles. The number of piperidine rings is 1. The molecule has 1 aliphatic heterocycles. The van der Waals surface area contributed by atoms with E-state index in [9.17, 15) is 9.59 Å². The summed E-state index contributed by atoms with van der Waals surface area (Å²) in [5.74, 6) is 0.253. The largest absolute Gasteiger partial charge is 0.337 e. The molecule has 2 aliphatic rings. The monoisotopic (exact) mass is 342 g/mol. The summed E-state index contributed by atoms with van der Waals surface area (Å²) in [6, 6.07) is 8.43. The second kappa shape index (κ2) is 8.13. The standard InChI is InChI=1S/C21H30N2O2/c1-3-22-14-12-19(13-15-22)23(18-8-9-18)21(25)11-10-20(24)17-6-4-16(2)5-7-17/h4-7,18-19H,3,8-15H2,1-2H3. The lowest BCUT2D eigenvalue weighted by Gasteiger charge is -2.38. The Balaban J connectivity index is 1.54. The maximum absolute atomic E-state index is 12.8. The Labute approximate surface area is 151 Å². The summed E-state index contributed by atoms with van der Waals surface area (Å²) in [7, 11) is 0.